The van der Waals surface area contributed by atoms with Gasteiger partial charge >= 0.3 is 0 Å². The summed E-state index contributed by atoms with van der Waals surface area (Å²) in [5.41, 5.74) is 2.67. The molecule has 0 bridgehead atoms. The first-order valence-corrected chi connectivity index (χ1v) is 9.51. The van der Waals surface area contributed by atoms with Gasteiger partial charge in [-0.15, -0.1) is 11.3 Å². The molecule has 0 N–H and O–H groups in total. The molecule has 8 heteroatoms. The van der Waals surface area contributed by atoms with E-state index < -0.39 is 0 Å². The van der Waals surface area contributed by atoms with E-state index in [0.29, 0.717) is 18.9 Å². The lowest BCUT2D eigenvalue weighted by Gasteiger charge is -2.10. The molecule has 0 atom stereocenters. The lowest BCUT2D eigenvalue weighted by molar-refractivity contribution is 0.207. The van der Waals surface area contributed by atoms with Crippen LogP contribution in [-0.2, 0) is 4.74 Å². The first-order chi connectivity index (χ1) is 13.8. The predicted octanol–water partition coefficient (Wildman–Crippen LogP) is 3.06. The number of hydrogen-bond acceptors (Lipinski definition) is 7. The van der Waals surface area contributed by atoms with Crippen LogP contribution in [0.25, 0.3) is 11.3 Å². The summed E-state index contributed by atoms with van der Waals surface area (Å²) in [6.07, 6.45) is 5.24. The van der Waals surface area contributed by atoms with Crippen molar-refractivity contribution in [1.29, 1.82) is 0 Å². The van der Waals surface area contributed by atoms with Gasteiger partial charge < -0.3 is 14.2 Å². The highest BCUT2D eigenvalue weighted by molar-refractivity contribution is 7.07. The maximum Gasteiger partial charge on any atom is 0.206 e. The zero-order valence-corrected chi connectivity index (χ0v) is 16.8. The molecular weight excluding hydrogens is 376 g/mol. The minimum Gasteiger partial charge on any atom is -0.497 e. The van der Waals surface area contributed by atoms with Gasteiger partial charge in [0.05, 0.1) is 39.3 Å². The van der Waals surface area contributed by atoms with Crippen molar-refractivity contribution in [3.63, 3.8) is 0 Å². The molecule has 0 spiro atoms. The summed E-state index contributed by atoms with van der Waals surface area (Å²) in [4.78, 5) is 9.50. The van der Waals surface area contributed by atoms with E-state index in [-0.39, 0.29) is 0 Å². The van der Waals surface area contributed by atoms with Gasteiger partial charge in [-0.1, -0.05) is 6.07 Å². The summed E-state index contributed by atoms with van der Waals surface area (Å²) in [7, 11) is 4.92. The molecule has 7 nitrogen and oxygen atoms in total. The van der Waals surface area contributed by atoms with Gasteiger partial charge in [-0.05, 0) is 18.2 Å². The normalized spacial score (nSPS) is 11.9. The highest BCUT2D eigenvalue weighted by Gasteiger charge is 2.13. The number of thiazole rings is 1. The number of nitrogens with zero attached hydrogens (tertiary/aromatic N) is 4. The molecule has 146 valence electrons. The zero-order valence-electron chi connectivity index (χ0n) is 16.0. The molecule has 0 aliphatic heterocycles. The average molecular weight is 398 g/mol. The van der Waals surface area contributed by atoms with Crippen LogP contribution in [0.1, 0.15) is 5.56 Å². The van der Waals surface area contributed by atoms with Gasteiger partial charge in [0.2, 0.25) is 4.80 Å². The quantitative estimate of drug-likeness (QED) is 0.432. The van der Waals surface area contributed by atoms with Crippen molar-refractivity contribution in [2.45, 2.75) is 0 Å². The van der Waals surface area contributed by atoms with Gasteiger partial charge in [-0.2, -0.15) is 5.10 Å². The molecule has 0 fully saturated rings. The summed E-state index contributed by atoms with van der Waals surface area (Å²) in [6, 6.07) is 9.51. The third kappa shape index (κ3) is 4.65. The fraction of sp³-hybridized carbons (Fsp3) is 0.250. The van der Waals surface area contributed by atoms with E-state index in [9.17, 15) is 0 Å². The van der Waals surface area contributed by atoms with Crippen molar-refractivity contribution in [3.8, 4) is 22.8 Å². The Morgan fingerprint density at radius 3 is 2.79 bits per heavy atom. The number of rotatable bonds is 8. The fourth-order valence-corrected chi connectivity index (χ4v) is 3.38. The molecular formula is C20H22N4O3S. The monoisotopic (exact) mass is 398 g/mol. The Morgan fingerprint density at radius 1 is 1.18 bits per heavy atom. The predicted molar refractivity (Wildman–Crippen MR) is 110 cm³/mol. The lowest BCUT2D eigenvalue weighted by atomic mass is 10.1. The van der Waals surface area contributed by atoms with Gasteiger partial charge in [0.1, 0.15) is 11.5 Å². The molecule has 0 amide bonds. The van der Waals surface area contributed by atoms with Crippen LogP contribution in [0.3, 0.4) is 0 Å². The maximum absolute atomic E-state index is 5.57. The fourth-order valence-electron chi connectivity index (χ4n) is 2.52. The summed E-state index contributed by atoms with van der Waals surface area (Å²) >= 11 is 1.51. The molecule has 2 heterocycles. The molecule has 1 aromatic carbocycles. The standard InChI is InChI=1S/C20H22N4O3S/c1-25-10-9-22-20-24(23-13-15-5-4-8-21-12-15)18(14-28-20)17-7-6-16(26-2)11-19(17)27-3/h4-8,11-14H,9-10H2,1-3H3/b22-20?,23-13-. The average Bonchev–Trinajstić information content (AvgIpc) is 3.15. The third-order valence-electron chi connectivity index (χ3n) is 3.92. The van der Waals surface area contributed by atoms with E-state index in [1.807, 2.05) is 35.7 Å². The van der Waals surface area contributed by atoms with E-state index in [1.165, 1.54) is 11.3 Å². The Labute approximate surface area is 167 Å². The Balaban J connectivity index is 2.09. The zero-order chi connectivity index (χ0) is 19.8. The second-order valence-corrected chi connectivity index (χ2v) is 6.52. The number of benzene rings is 1. The highest BCUT2D eigenvalue weighted by Crippen LogP contribution is 2.33. The Bertz CT molecular complexity index is 996. The molecule has 0 aliphatic rings. The van der Waals surface area contributed by atoms with E-state index >= 15 is 0 Å². The summed E-state index contributed by atoms with van der Waals surface area (Å²) < 4.78 is 17.8. The molecule has 0 saturated heterocycles. The lowest BCUT2D eigenvalue weighted by Crippen LogP contribution is -2.14. The number of hydrogen-bond donors (Lipinski definition) is 0. The van der Waals surface area contributed by atoms with Crippen LogP contribution < -0.4 is 14.3 Å². The van der Waals surface area contributed by atoms with Crippen molar-refractivity contribution < 1.29 is 14.2 Å². The smallest absolute Gasteiger partial charge is 0.206 e. The second-order valence-electron chi connectivity index (χ2n) is 5.69. The maximum atomic E-state index is 5.57. The molecule has 0 saturated carbocycles. The van der Waals surface area contributed by atoms with Crippen LogP contribution in [0.4, 0.5) is 0 Å². The number of aromatic nitrogens is 2. The first-order valence-electron chi connectivity index (χ1n) is 8.63. The van der Waals surface area contributed by atoms with Crippen LogP contribution in [-0.4, -0.2) is 50.4 Å². The summed E-state index contributed by atoms with van der Waals surface area (Å²) in [5.74, 6) is 1.43. The molecule has 3 rings (SSSR count). The van der Waals surface area contributed by atoms with Crippen molar-refractivity contribution in [2.24, 2.45) is 10.1 Å². The van der Waals surface area contributed by atoms with Gasteiger partial charge in [0.25, 0.3) is 0 Å². The molecule has 0 radical (unpaired) electrons. The molecule has 2 aromatic heterocycles. The van der Waals surface area contributed by atoms with Gasteiger partial charge in [-0.3, -0.25) is 9.98 Å². The van der Waals surface area contributed by atoms with Gasteiger partial charge in [0, 0.05) is 42.1 Å². The highest BCUT2D eigenvalue weighted by atomic mass is 32.1. The topological polar surface area (TPSA) is 70.2 Å². The largest absolute Gasteiger partial charge is 0.497 e. The van der Waals surface area contributed by atoms with Crippen molar-refractivity contribution in [2.75, 3.05) is 34.5 Å². The SMILES string of the molecule is COCCN=c1scc(-c2ccc(OC)cc2OC)n1/N=C\c1cccnc1. The van der Waals surface area contributed by atoms with Crippen molar-refractivity contribution >= 4 is 17.6 Å². The Hall–Kier alpha value is -2.97. The number of pyridine rings is 1. The van der Waals surface area contributed by atoms with Crippen molar-refractivity contribution in [1.82, 2.24) is 9.66 Å². The number of ether oxygens (including phenoxy) is 3. The molecule has 28 heavy (non-hydrogen) atoms. The van der Waals surface area contributed by atoms with Crippen LogP contribution in [0.15, 0.2) is 58.2 Å². The minimum absolute atomic E-state index is 0.547. The second kappa shape index (κ2) is 9.82. The van der Waals surface area contributed by atoms with E-state index in [4.69, 9.17) is 14.2 Å². The van der Waals surface area contributed by atoms with Gasteiger partial charge in [0.15, 0.2) is 0 Å². The van der Waals surface area contributed by atoms with E-state index in [1.54, 1.807) is 44.6 Å². The Kier molecular flexibility index (Phi) is 6.94. The van der Waals surface area contributed by atoms with E-state index in [0.717, 1.165) is 27.4 Å². The van der Waals surface area contributed by atoms with Gasteiger partial charge in [-0.25, -0.2) is 4.68 Å². The number of methoxy groups -OCH3 is 3. The Morgan fingerprint density at radius 2 is 2.07 bits per heavy atom. The molecule has 3 aromatic rings. The molecule has 0 unspecified atom stereocenters. The van der Waals surface area contributed by atoms with Crippen LogP contribution >= 0.6 is 11.3 Å². The minimum atomic E-state index is 0.547. The van der Waals surface area contributed by atoms with Crippen LogP contribution in [0.2, 0.25) is 0 Å². The first kappa shape index (κ1) is 19.8. The summed E-state index contributed by atoms with van der Waals surface area (Å²) in [6.45, 7) is 1.10. The van der Waals surface area contributed by atoms with Crippen molar-refractivity contribution in [3.05, 3.63) is 58.5 Å². The third-order valence-corrected chi connectivity index (χ3v) is 4.77. The summed E-state index contributed by atoms with van der Waals surface area (Å²) in [5, 5.41) is 6.66. The molecule has 0 aliphatic carbocycles. The van der Waals surface area contributed by atoms with E-state index in [2.05, 4.69) is 15.1 Å². The van der Waals surface area contributed by atoms with Crippen LogP contribution in [0.5, 0.6) is 11.5 Å². The van der Waals surface area contributed by atoms with Crippen LogP contribution in [0, 0.1) is 0 Å².